The molecule has 16 heavy (non-hydrogen) atoms. The number of carbonyl (C=O) groups is 1. The molecular formula is C13H18O3. The molecular weight excluding hydrogens is 204 g/mol. The summed E-state index contributed by atoms with van der Waals surface area (Å²) in [7, 11) is 0. The fraction of sp³-hybridized carbons (Fsp3) is 0.615. The quantitative estimate of drug-likeness (QED) is 0.539. The third-order valence-corrected chi connectivity index (χ3v) is 2.37. The smallest absolute Gasteiger partial charge is 0.165 e. The Morgan fingerprint density at radius 3 is 2.75 bits per heavy atom. The Kier molecular flexibility index (Phi) is 4.28. The van der Waals surface area contributed by atoms with Crippen molar-refractivity contribution in [1.29, 1.82) is 0 Å². The highest BCUT2D eigenvalue weighted by atomic mass is 16.7. The van der Waals surface area contributed by atoms with Gasteiger partial charge in [-0.05, 0) is 33.3 Å². The van der Waals surface area contributed by atoms with Crippen LogP contribution in [0.25, 0.3) is 0 Å². The van der Waals surface area contributed by atoms with Gasteiger partial charge >= 0.3 is 0 Å². The first-order valence-corrected chi connectivity index (χ1v) is 5.41. The van der Waals surface area contributed by atoms with E-state index >= 15 is 0 Å². The minimum absolute atomic E-state index is 0.0245. The zero-order chi connectivity index (χ0) is 12.2. The van der Waals surface area contributed by atoms with Crippen molar-refractivity contribution in [3.8, 4) is 11.8 Å². The van der Waals surface area contributed by atoms with Gasteiger partial charge in [0.2, 0.25) is 0 Å². The first kappa shape index (κ1) is 13.0. The maximum Gasteiger partial charge on any atom is 0.165 e. The minimum atomic E-state index is -0.615. The van der Waals surface area contributed by atoms with E-state index in [9.17, 15) is 4.79 Å². The fourth-order valence-electron chi connectivity index (χ4n) is 1.70. The van der Waals surface area contributed by atoms with Gasteiger partial charge in [-0.1, -0.05) is 12.5 Å². The van der Waals surface area contributed by atoms with Crippen LogP contribution in [-0.4, -0.2) is 23.8 Å². The summed E-state index contributed by atoms with van der Waals surface area (Å²) < 4.78 is 11.3. The monoisotopic (exact) mass is 222 g/mol. The molecule has 0 saturated carbocycles. The number of allylic oxidation sites excluding steroid dienone is 1. The van der Waals surface area contributed by atoms with Crippen LogP contribution < -0.4 is 0 Å². The Morgan fingerprint density at radius 1 is 1.50 bits per heavy atom. The van der Waals surface area contributed by atoms with Crippen molar-refractivity contribution in [3.05, 3.63) is 12.7 Å². The molecule has 1 rings (SSSR count). The van der Waals surface area contributed by atoms with Crippen molar-refractivity contribution in [2.24, 2.45) is 0 Å². The van der Waals surface area contributed by atoms with Crippen molar-refractivity contribution in [1.82, 2.24) is 0 Å². The van der Waals surface area contributed by atoms with Gasteiger partial charge in [0.1, 0.15) is 6.10 Å². The highest BCUT2D eigenvalue weighted by Crippen LogP contribution is 2.30. The molecule has 1 fully saturated rings. The Balaban J connectivity index is 2.58. The van der Waals surface area contributed by atoms with Gasteiger partial charge in [0.05, 0.1) is 6.10 Å². The number of carbonyl (C=O) groups excluding carboxylic acids is 1. The fourth-order valence-corrected chi connectivity index (χ4v) is 1.70. The van der Waals surface area contributed by atoms with Crippen molar-refractivity contribution in [3.63, 3.8) is 0 Å². The average molecular weight is 222 g/mol. The standard InChI is InChI=1S/C13H18O3/c1-5-7-11-12(9-8-10(14)6-2)16-13(3,4)15-11/h6,11-12H,2,8-9H2,1,3-4H3. The molecule has 1 aliphatic rings. The molecule has 0 aromatic rings. The van der Waals surface area contributed by atoms with Crippen LogP contribution in [0, 0.1) is 11.8 Å². The maximum absolute atomic E-state index is 11.1. The lowest BCUT2D eigenvalue weighted by atomic mass is 10.1. The molecule has 2 atom stereocenters. The van der Waals surface area contributed by atoms with Gasteiger partial charge in [0.15, 0.2) is 11.6 Å². The first-order valence-electron chi connectivity index (χ1n) is 5.41. The molecule has 0 aromatic carbocycles. The number of hydrogen-bond donors (Lipinski definition) is 0. The van der Waals surface area contributed by atoms with Gasteiger partial charge in [-0.15, -0.1) is 5.92 Å². The van der Waals surface area contributed by atoms with E-state index in [2.05, 4.69) is 18.4 Å². The molecule has 88 valence electrons. The van der Waals surface area contributed by atoms with Crippen LogP contribution in [-0.2, 0) is 14.3 Å². The van der Waals surface area contributed by atoms with E-state index in [1.165, 1.54) is 6.08 Å². The number of rotatable bonds is 4. The molecule has 2 unspecified atom stereocenters. The van der Waals surface area contributed by atoms with Crippen LogP contribution in [0.2, 0.25) is 0 Å². The Hall–Kier alpha value is -1.11. The molecule has 0 bridgehead atoms. The predicted octanol–water partition coefficient (Wildman–Crippen LogP) is 2.07. The summed E-state index contributed by atoms with van der Waals surface area (Å²) in [4.78, 5) is 11.1. The summed E-state index contributed by atoms with van der Waals surface area (Å²) in [5.41, 5.74) is 0. The van der Waals surface area contributed by atoms with Crippen molar-refractivity contribution in [2.45, 2.75) is 51.6 Å². The van der Waals surface area contributed by atoms with E-state index < -0.39 is 5.79 Å². The largest absolute Gasteiger partial charge is 0.343 e. The summed E-state index contributed by atoms with van der Waals surface area (Å²) in [6.45, 7) is 8.91. The molecule has 1 saturated heterocycles. The third kappa shape index (κ3) is 3.48. The summed E-state index contributed by atoms with van der Waals surface area (Å²) in [5.74, 6) is 5.19. The lowest BCUT2D eigenvalue weighted by molar-refractivity contribution is -0.143. The highest BCUT2D eigenvalue weighted by Gasteiger charge is 2.40. The van der Waals surface area contributed by atoms with E-state index in [1.54, 1.807) is 6.92 Å². The Bertz CT molecular complexity index is 333. The third-order valence-electron chi connectivity index (χ3n) is 2.37. The second kappa shape index (κ2) is 5.29. The van der Waals surface area contributed by atoms with Crippen LogP contribution in [0.5, 0.6) is 0 Å². The average Bonchev–Trinajstić information content (AvgIpc) is 2.50. The molecule has 3 nitrogen and oxygen atoms in total. The number of ether oxygens (including phenoxy) is 2. The number of ketones is 1. The molecule has 0 radical (unpaired) electrons. The first-order chi connectivity index (χ1) is 7.48. The van der Waals surface area contributed by atoms with Crippen LogP contribution in [0.1, 0.15) is 33.6 Å². The minimum Gasteiger partial charge on any atom is -0.343 e. The summed E-state index contributed by atoms with van der Waals surface area (Å²) in [6, 6.07) is 0. The highest BCUT2D eigenvalue weighted by molar-refractivity contribution is 5.88. The van der Waals surface area contributed by atoms with Crippen LogP contribution in [0.15, 0.2) is 12.7 Å². The van der Waals surface area contributed by atoms with E-state index in [-0.39, 0.29) is 18.0 Å². The molecule has 1 heterocycles. The predicted molar refractivity (Wildman–Crippen MR) is 61.7 cm³/mol. The van der Waals surface area contributed by atoms with Crippen molar-refractivity contribution >= 4 is 5.78 Å². The Morgan fingerprint density at radius 2 is 2.19 bits per heavy atom. The van der Waals surface area contributed by atoms with E-state index in [0.29, 0.717) is 12.8 Å². The molecule has 0 spiro atoms. The van der Waals surface area contributed by atoms with Gasteiger partial charge < -0.3 is 9.47 Å². The maximum atomic E-state index is 11.1. The van der Waals surface area contributed by atoms with Crippen molar-refractivity contribution in [2.75, 3.05) is 0 Å². The second-order valence-electron chi connectivity index (χ2n) is 4.20. The van der Waals surface area contributed by atoms with Gasteiger partial charge in [-0.25, -0.2) is 0 Å². The molecule has 1 aliphatic heterocycles. The summed E-state index contributed by atoms with van der Waals surface area (Å²) >= 11 is 0. The summed E-state index contributed by atoms with van der Waals surface area (Å²) in [6.07, 6.45) is 2.01. The lowest BCUT2D eigenvalue weighted by Gasteiger charge is -2.16. The number of hydrogen-bond acceptors (Lipinski definition) is 3. The Labute approximate surface area is 96.8 Å². The zero-order valence-corrected chi connectivity index (χ0v) is 10.1. The van der Waals surface area contributed by atoms with E-state index in [1.807, 2.05) is 13.8 Å². The van der Waals surface area contributed by atoms with Crippen LogP contribution in [0.4, 0.5) is 0 Å². The zero-order valence-electron chi connectivity index (χ0n) is 10.1. The summed E-state index contributed by atoms with van der Waals surface area (Å²) in [5, 5.41) is 0. The van der Waals surface area contributed by atoms with Gasteiger partial charge in [0.25, 0.3) is 0 Å². The molecule has 0 aromatic heterocycles. The van der Waals surface area contributed by atoms with Gasteiger partial charge in [-0.3, -0.25) is 4.79 Å². The second-order valence-corrected chi connectivity index (χ2v) is 4.20. The van der Waals surface area contributed by atoms with Gasteiger partial charge in [0, 0.05) is 6.42 Å². The molecule has 0 aliphatic carbocycles. The molecule has 0 amide bonds. The normalized spacial score (nSPS) is 26.9. The van der Waals surface area contributed by atoms with Crippen LogP contribution >= 0.6 is 0 Å². The molecule has 0 N–H and O–H groups in total. The SMILES string of the molecule is C=CC(=O)CCC1OC(C)(C)OC1C#CC. The van der Waals surface area contributed by atoms with E-state index in [0.717, 1.165) is 0 Å². The molecule has 3 heteroatoms. The topological polar surface area (TPSA) is 35.5 Å². The van der Waals surface area contributed by atoms with Crippen molar-refractivity contribution < 1.29 is 14.3 Å². The lowest BCUT2D eigenvalue weighted by Crippen LogP contribution is -2.22. The van der Waals surface area contributed by atoms with Crippen LogP contribution in [0.3, 0.4) is 0 Å². The van der Waals surface area contributed by atoms with E-state index in [4.69, 9.17) is 9.47 Å². The van der Waals surface area contributed by atoms with Gasteiger partial charge in [-0.2, -0.15) is 0 Å².